The van der Waals surface area contributed by atoms with Crippen LogP contribution in [0.4, 0.5) is 0 Å². The van der Waals surface area contributed by atoms with Crippen LogP contribution in [0.3, 0.4) is 0 Å². The number of nitrogens with one attached hydrogen (secondary N) is 1. The number of sulfonamides is 1. The van der Waals surface area contributed by atoms with Crippen molar-refractivity contribution in [3.05, 3.63) is 52.0 Å². The Kier molecular flexibility index (Phi) is 6.31. The van der Waals surface area contributed by atoms with Crippen molar-refractivity contribution < 1.29 is 18.3 Å². The molecule has 2 aromatic carbocycles. The first-order valence-electron chi connectivity index (χ1n) is 8.20. The van der Waals surface area contributed by atoms with E-state index in [1.807, 2.05) is 6.07 Å². The number of rotatable bonds is 7. The maximum atomic E-state index is 12.5. The van der Waals surface area contributed by atoms with Crippen LogP contribution < -0.4 is 4.72 Å². The summed E-state index contributed by atoms with van der Waals surface area (Å²) in [5.74, 6) is -0.659. The van der Waals surface area contributed by atoms with Gasteiger partial charge in [0, 0.05) is 17.3 Å². The molecule has 0 bridgehead atoms. The minimum Gasteiger partial charge on any atom is -0.478 e. The average Bonchev–Trinajstić information content (AvgIpc) is 3.02. The van der Waals surface area contributed by atoms with E-state index in [9.17, 15) is 18.3 Å². The van der Waals surface area contributed by atoms with Gasteiger partial charge in [-0.3, -0.25) is 0 Å². The van der Waals surface area contributed by atoms with Crippen LogP contribution in [0.25, 0.3) is 10.2 Å². The van der Waals surface area contributed by atoms with E-state index >= 15 is 0 Å². The lowest BCUT2D eigenvalue weighted by Gasteiger charge is -2.11. The minimum atomic E-state index is -3.80. The molecular weight excluding hydrogens is 440 g/mol. The summed E-state index contributed by atoms with van der Waals surface area (Å²) in [4.78, 5) is 15.8. The number of halogens is 1. The fourth-order valence-electron chi connectivity index (χ4n) is 2.54. The van der Waals surface area contributed by atoms with Crippen LogP contribution in [0.15, 0.2) is 39.6 Å². The lowest BCUT2D eigenvalue weighted by Crippen LogP contribution is -2.26. The normalized spacial score (nSPS) is 11.8. The third kappa shape index (κ3) is 4.66. The Bertz CT molecular complexity index is 1160. The van der Waals surface area contributed by atoms with Crippen molar-refractivity contribution in [1.82, 2.24) is 9.71 Å². The molecule has 0 saturated heterocycles. The molecule has 0 aliphatic heterocycles. The van der Waals surface area contributed by atoms with Crippen molar-refractivity contribution in [2.24, 2.45) is 0 Å². The molecule has 0 aliphatic carbocycles. The number of carboxylic acids is 1. The Morgan fingerprint density at radius 1 is 1.29 bits per heavy atom. The van der Waals surface area contributed by atoms with E-state index in [4.69, 9.17) is 11.6 Å². The van der Waals surface area contributed by atoms with Gasteiger partial charge >= 0.3 is 5.97 Å². The first-order chi connectivity index (χ1) is 13.2. The molecule has 10 heteroatoms. The van der Waals surface area contributed by atoms with E-state index in [0.29, 0.717) is 21.9 Å². The van der Waals surface area contributed by atoms with Crippen molar-refractivity contribution in [2.45, 2.75) is 23.1 Å². The molecule has 0 unspecified atom stereocenters. The van der Waals surface area contributed by atoms with Gasteiger partial charge in [0.15, 0.2) is 4.34 Å². The van der Waals surface area contributed by atoms with Crippen molar-refractivity contribution in [3.63, 3.8) is 0 Å². The molecule has 0 atom stereocenters. The highest BCUT2D eigenvalue weighted by atomic mass is 35.5. The highest BCUT2D eigenvalue weighted by molar-refractivity contribution is 8.01. The predicted molar refractivity (Wildman–Crippen MR) is 113 cm³/mol. The molecule has 0 aliphatic rings. The van der Waals surface area contributed by atoms with Gasteiger partial charge in [-0.25, -0.2) is 22.9 Å². The van der Waals surface area contributed by atoms with Gasteiger partial charge in [-0.1, -0.05) is 23.4 Å². The first kappa shape index (κ1) is 21.1. The molecule has 6 nitrogen and oxygen atoms in total. The SMILES string of the molecule is Cc1cc(S(=O)(=O)NCCSc2nc3cc(Cl)ccc3s2)cc(C(=O)O)c1C. The highest BCUT2D eigenvalue weighted by Crippen LogP contribution is 2.30. The molecule has 1 heterocycles. The van der Waals surface area contributed by atoms with Gasteiger partial charge in [0.1, 0.15) is 0 Å². The second-order valence-corrected chi connectivity index (χ2v) is 10.6. The number of carboxylic acid groups (broad SMARTS) is 1. The molecule has 2 N–H and O–H groups in total. The summed E-state index contributed by atoms with van der Waals surface area (Å²) in [6.45, 7) is 3.54. The summed E-state index contributed by atoms with van der Waals surface area (Å²) < 4.78 is 29.4. The van der Waals surface area contributed by atoms with E-state index in [1.165, 1.54) is 35.2 Å². The predicted octanol–water partition coefficient (Wildman–Crippen LogP) is 4.34. The van der Waals surface area contributed by atoms with E-state index < -0.39 is 16.0 Å². The number of thioether (sulfide) groups is 1. The number of aromatic carboxylic acids is 1. The number of fused-ring (bicyclic) bond motifs is 1. The van der Waals surface area contributed by atoms with Crippen LogP contribution in [0.2, 0.25) is 5.02 Å². The van der Waals surface area contributed by atoms with Crippen molar-refractivity contribution in [1.29, 1.82) is 0 Å². The fraction of sp³-hybridized carbons (Fsp3) is 0.222. The van der Waals surface area contributed by atoms with Crippen LogP contribution in [-0.2, 0) is 10.0 Å². The lowest BCUT2D eigenvalue weighted by atomic mass is 10.0. The Labute approximate surface area is 176 Å². The smallest absolute Gasteiger partial charge is 0.336 e. The maximum absolute atomic E-state index is 12.5. The molecule has 0 amide bonds. The zero-order chi connectivity index (χ0) is 20.5. The number of nitrogens with zero attached hydrogens (tertiary/aromatic N) is 1. The van der Waals surface area contributed by atoms with Crippen LogP contribution in [-0.4, -0.2) is 36.8 Å². The first-order valence-corrected chi connectivity index (χ1v) is 11.9. The zero-order valence-electron chi connectivity index (χ0n) is 15.0. The van der Waals surface area contributed by atoms with E-state index in [1.54, 1.807) is 26.0 Å². The fourth-order valence-corrected chi connectivity index (χ4v) is 5.95. The van der Waals surface area contributed by atoms with Crippen molar-refractivity contribution >= 4 is 60.9 Å². The van der Waals surface area contributed by atoms with E-state index in [2.05, 4.69) is 9.71 Å². The molecule has 148 valence electrons. The van der Waals surface area contributed by atoms with E-state index in [-0.39, 0.29) is 17.0 Å². The topological polar surface area (TPSA) is 96.4 Å². The Morgan fingerprint density at radius 3 is 2.75 bits per heavy atom. The molecule has 3 rings (SSSR count). The summed E-state index contributed by atoms with van der Waals surface area (Å²) in [6, 6.07) is 8.17. The summed E-state index contributed by atoms with van der Waals surface area (Å²) in [6.07, 6.45) is 0. The summed E-state index contributed by atoms with van der Waals surface area (Å²) in [5, 5.41) is 9.89. The number of aromatic nitrogens is 1. The van der Waals surface area contributed by atoms with Gasteiger partial charge in [-0.05, 0) is 55.3 Å². The van der Waals surface area contributed by atoms with Crippen LogP contribution in [0.1, 0.15) is 21.5 Å². The third-order valence-electron chi connectivity index (χ3n) is 4.13. The number of hydrogen-bond donors (Lipinski definition) is 2. The number of thiazole rings is 1. The monoisotopic (exact) mass is 456 g/mol. The van der Waals surface area contributed by atoms with Crippen molar-refractivity contribution in [3.8, 4) is 0 Å². The van der Waals surface area contributed by atoms with Crippen LogP contribution in [0.5, 0.6) is 0 Å². The van der Waals surface area contributed by atoms with Gasteiger partial charge in [0.05, 0.1) is 20.7 Å². The molecule has 0 radical (unpaired) electrons. The summed E-state index contributed by atoms with van der Waals surface area (Å²) >= 11 is 8.92. The molecule has 0 spiro atoms. The van der Waals surface area contributed by atoms with Gasteiger partial charge in [0.2, 0.25) is 10.0 Å². The number of aryl methyl sites for hydroxylation is 1. The van der Waals surface area contributed by atoms with Gasteiger partial charge in [0.25, 0.3) is 0 Å². The second kappa shape index (κ2) is 8.38. The summed E-state index contributed by atoms with van der Waals surface area (Å²) in [5.41, 5.74) is 1.97. The zero-order valence-corrected chi connectivity index (χ0v) is 18.2. The Balaban J connectivity index is 1.65. The number of carbonyl (C=O) groups is 1. The Morgan fingerprint density at radius 2 is 2.04 bits per heavy atom. The van der Waals surface area contributed by atoms with E-state index in [0.717, 1.165) is 14.6 Å². The molecule has 28 heavy (non-hydrogen) atoms. The quantitative estimate of drug-likeness (QED) is 0.405. The molecular formula is C18H17ClN2O4S3. The van der Waals surface area contributed by atoms with Crippen LogP contribution in [0, 0.1) is 13.8 Å². The molecule has 0 fully saturated rings. The largest absolute Gasteiger partial charge is 0.478 e. The lowest BCUT2D eigenvalue weighted by molar-refractivity contribution is 0.0695. The summed E-state index contributed by atoms with van der Waals surface area (Å²) in [7, 11) is -3.80. The standard InChI is InChI=1S/C18H17ClN2O4S3/c1-10-7-13(9-14(11(10)2)17(22)23)28(24,25)20-5-6-26-18-21-15-8-12(19)3-4-16(15)27-18/h3-4,7-9,20H,5-6H2,1-2H3,(H,22,23). The maximum Gasteiger partial charge on any atom is 0.336 e. The highest BCUT2D eigenvalue weighted by Gasteiger charge is 2.19. The Hall–Kier alpha value is -1.65. The average molecular weight is 457 g/mol. The van der Waals surface area contributed by atoms with Gasteiger partial charge in [-0.2, -0.15) is 0 Å². The van der Waals surface area contributed by atoms with Crippen molar-refractivity contribution in [2.75, 3.05) is 12.3 Å². The van der Waals surface area contributed by atoms with Gasteiger partial charge < -0.3 is 5.11 Å². The molecule has 3 aromatic rings. The minimum absolute atomic E-state index is 0.0112. The number of hydrogen-bond acceptors (Lipinski definition) is 6. The third-order valence-corrected chi connectivity index (χ3v) is 7.99. The molecule has 0 saturated carbocycles. The number of benzene rings is 2. The van der Waals surface area contributed by atoms with Gasteiger partial charge in [-0.15, -0.1) is 11.3 Å². The molecule has 1 aromatic heterocycles. The van der Waals surface area contributed by atoms with Crippen LogP contribution >= 0.6 is 34.7 Å². The second-order valence-electron chi connectivity index (χ2n) is 6.06.